The van der Waals surface area contributed by atoms with Gasteiger partial charge in [0.2, 0.25) is 0 Å². The molecule has 1 aromatic rings. The Morgan fingerprint density at radius 2 is 2.00 bits per heavy atom. The first-order valence-corrected chi connectivity index (χ1v) is 11.4. The summed E-state index contributed by atoms with van der Waals surface area (Å²) in [6.45, 7) is 10.9. The minimum atomic E-state index is -0.932. The summed E-state index contributed by atoms with van der Waals surface area (Å²) in [7, 11) is 0. The number of urea groups is 1. The third-order valence-corrected chi connectivity index (χ3v) is 6.51. The maximum absolute atomic E-state index is 12.6. The second-order valence-electron chi connectivity index (χ2n) is 7.65. The quantitative estimate of drug-likeness (QED) is 0.412. The zero-order valence-corrected chi connectivity index (χ0v) is 19.6. The van der Waals surface area contributed by atoms with Gasteiger partial charge in [0.05, 0.1) is 11.4 Å². The zero-order valence-electron chi connectivity index (χ0n) is 18.0. The van der Waals surface area contributed by atoms with Crippen LogP contribution in [0.3, 0.4) is 0 Å². The number of benzene rings is 1. The molecule has 0 fully saturated rings. The van der Waals surface area contributed by atoms with Gasteiger partial charge in [-0.25, -0.2) is 4.79 Å². The zero-order chi connectivity index (χ0) is 22.0. The molecule has 162 valence electrons. The molecule has 0 aliphatic heterocycles. The van der Waals surface area contributed by atoms with E-state index in [-0.39, 0.29) is 19.0 Å². The van der Waals surface area contributed by atoms with Crippen LogP contribution in [0.5, 0.6) is 0 Å². The Balaban J connectivity index is 2.78. The largest absolute Gasteiger partial charge is 0.481 e. The van der Waals surface area contributed by atoms with E-state index < -0.39 is 5.97 Å². The number of carbonyl (C=O) groups is 2. The standard InChI is InChI=1S/C22H33ClN2O3S/c1-6-16(4)17(5)13-25(10-9-21(26)27)22(28)24-12-18-7-8-20(19(23)11-18)29-14-15(2)3/h7-8,11,13,15-16H,6,9-10,12,14H2,1-5H3,(H,24,28)(H,26,27)/b17-13+. The molecule has 0 aliphatic rings. The topological polar surface area (TPSA) is 69.6 Å². The second-order valence-corrected chi connectivity index (χ2v) is 9.12. The van der Waals surface area contributed by atoms with Crippen LogP contribution in [0, 0.1) is 11.8 Å². The SMILES string of the molecule is CCC(C)/C(C)=C/N(CCC(=O)O)C(=O)NCc1ccc(SCC(C)C)c(Cl)c1. The predicted octanol–water partition coefficient (Wildman–Crippen LogP) is 6.02. The molecule has 7 heteroatoms. The van der Waals surface area contributed by atoms with E-state index in [0.717, 1.165) is 28.2 Å². The Labute approximate surface area is 183 Å². The van der Waals surface area contributed by atoms with Crippen LogP contribution in [0.1, 0.15) is 53.0 Å². The number of carboxylic acid groups (broad SMARTS) is 1. The van der Waals surface area contributed by atoms with Gasteiger partial charge < -0.3 is 15.3 Å². The summed E-state index contributed by atoms with van der Waals surface area (Å²) in [6.07, 6.45) is 2.60. The average Bonchev–Trinajstić information content (AvgIpc) is 2.67. The molecule has 0 saturated heterocycles. The van der Waals surface area contributed by atoms with Crippen LogP contribution in [0.2, 0.25) is 5.02 Å². The molecule has 0 spiro atoms. The number of amides is 2. The fourth-order valence-corrected chi connectivity index (χ4v) is 3.68. The monoisotopic (exact) mass is 440 g/mol. The Morgan fingerprint density at radius 1 is 1.31 bits per heavy atom. The summed E-state index contributed by atoms with van der Waals surface area (Å²) in [5, 5.41) is 12.5. The van der Waals surface area contributed by atoms with Crippen LogP contribution in [0.15, 0.2) is 34.9 Å². The summed E-state index contributed by atoms with van der Waals surface area (Å²) in [5.41, 5.74) is 1.95. The van der Waals surface area contributed by atoms with Crippen molar-refractivity contribution in [3.05, 3.63) is 40.6 Å². The Kier molecular flexibility index (Phi) is 11.2. The molecule has 0 saturated carbocycles. The van der Waals surface area contributed by atoms with Crippen molar-refractivity contribution in [3.63, 3.8) is 0 Å². The maximum Gasteiger partial charge on any atom is 0.321 e. The fourth-order valence-electron chi connectivity index (χ4n) is 2.44. The first kappa shape index (κ1) is 25.4. The summed E-state index contributed by atoms with van der Waals surface area (Å²) >= 11 is 8.10. The molecule has 1 unspecified atom stereocenters. The number of carboxylic acids is 1. The van der Waals surface area contributed by atoms with Crippen molar-refractivity contribution < 1.29 is 14.7 Å². The van der Waals surface area contributed by atoms with Crippen LogP contribution >= 0.6 is 23.4 Å². The molecule has 0 aromatic heterocycles. The van der Waals surface area contributed by atoms with Gasteiger partial charge in [0.25, 0.3) is 0 Å². The van der Waals surface area contributed by atoms with Gasteiger partial charge in [0, 0.05) is 29.9 Å². The van der Waals surface area contributed by atoms with Gasteiger partial charge in [-0.15, -0.1) is 11.8 Å². The van der Waals surface area contributed by atoms with Gasteiger partial charge in [-0.2, -0.15) is 0 Å². The number of hydrogen-bond donors (Lipinski definition) is 2. The van der Waals surface area contributed by atoms with Gasteiger partial charge >= 0.3 is 12.0 Å². The van der Waals surface area contributed by atoms with Crippen molar-refractivity contribution in [2.24, 2.45) is 11.8 Å². The number of allylic oxidation sites excluding steroid dienone is 1. The highest BCUT2D eigenvalue weighted by molar-refractivity contribution is 7.99. The highest BCUT2D eigenvalue weighted by atomic mass is 35.5. The summed E-state index contributed by atoms with van der Waals surface area (Å²) in [5.74, 6) is 0.971. The smallest absolute Gasteiger partial charge is 0.321 e. The molecule has 1 aromatic carbocycles. The van der Waals surface area contributed by atoms with Gasteiger partial charge in [-0.3, -0.25) is 4.79 Å². The van der Waals surface area contributed by atoms with Crippen molar-refractivity contribution in [1.29, 1.82) is 0 Å². The van der Waals surface area contributed by atoms with Crippen LogP contribution in [-0.4, -0.2) is 34.3 Å². The molecule has 0 aliphatic carbocycles. The summed E-state index contributed by atoms with van der Waals surface area (Å²) < 4.78 is 0. The number of hydrogen-bond acceptors (Lipinski definition) is 3. The van der Waals surface area contributed by atoms with Crippen LogP contribution in [0.25, 0.3) is 0 Å². The van der Waals surface area contributed by atoms with E-state index in [9.17, 15) is 9.59 Å². The predicted molar refractivity (Wildman–Crippen MR) is 121 cm³/mol. The molecule has 2 N–H and O–H groups in total. The van der Waals surface area contributed by atoms with E-state index in [1.54, 1.807) is 18.0 Å². The number of rotatable bonds is 11. The lowest BCUT2D eigenvalue weighted by Crippen LogP contribution is -2.37. The molecule has 5 nitrogen and oxygen atoms in total. The molecule has 1 atom stereocenters. The molecule has 29 heavy (non-hydrogen) atoms. The molecular formula is C22H33ClN2O3S. The number of aliphatic carboxylic acids is 1. The highest BCUT2D eigenvalue weighted by Gasteiger charge is 2.15. The molecule has 0 heterocycles. The van der Waals surface area contributed by atoms with Crippen molar-refractivity contribution >= 4 is 35.4 Å². The number of thioether (sulfide) groups is 1. The van der Waals surface area contributed by atoms with Gasteiger partial charge in [0.15, 0.2) is 0 Å². The van der Waals surface area contributed by atoms with E-state index in [1.807, 2.05) is 25.1 Å². The number of nitrogens with one attached hydrogen (secondary N) is 1. The second kappa shape index (κ2) is 12.8. The van der Waals surface area contributed by atoms with Crippen LogP contribution < -0.4 is 5.32 Å². The highest BCUT2D eigenvalue weighted by Crippen LogP contribution is 2.29. The van der Waals surface area contributed by atoms with Gasteiger partial charge in [0.1, 0.15) is 0 Å². The first-order chi connectivity index (χ1) is 13.6. The minimum absolute atomic E-state index is 0.106. The summed E-state index contributed by atoms with van der Waals surface area (Å²) in [4.78, 5) is 26.1. The van der Waals surface area contributed by atoms with E-state index in [1.165, 1.54) is 4.90 Å². The lowest BCUT2D eigenvalue weighted by Gasteiger charge is -2.21. The normalized spacial score (nSPS) is 12.7. The molecule has 0 bridgehead atoms. The van der Waals surface area contributed by atoms with Crippen LogP contribution in [0.4, 0.5) is 4.79 Å². The Bertz CT molecular complexity index is 722. The first-order valence-electron chi connectivity index (χ1n) is 9.99. The average molecular weight is 441 g/mol. The van der Waals surface area contributed by atoms with Gasteiger partial charge in [-0.05, 0) is 42.9 Å². The van der Waals surface area contributed by atoms with Crippen molar-refractivity contribution in [2.45, 2.75) is 58.9 Å². The Hall–Kier alpha value is -1.66. The molecule has 1 rings (SSSR count). The molecular weight excluding hydrogens is 408 g/mol. The minimum Gasteiger partial charge on any atom is -0.481 e. The number of halogens is 1. The van der Waals surface area contributed by atoms with E-state index in [4.69, 9.17) is 16.7 Å². The van der Waals surface area contributed by atoms with Gasteiger partial charge in [-0.1, -0.05) is 50.9 Å². The molecule has 2 amide bonds. The third-order valence-electron chi connectivity index (χ3n) is 4.59. The summed E-state index contributed by atoms with van der Waals surface area (Å²) in [6, 6.07) is 5.48. The Morgan fingerprint density at radius 3 is 2.55 bits per heavy atom. The van der Waals surface area contributed by atoms with Crippen LogP contribution in [-0.2, 0) is 11.3 Å². The third kappa shape index (κ3) is 9.59. The van der Waals surface area contributed by atoms with E-state index in [0.29, 0.717) is 23.4 Å². The fraction of sp³-hybridized carbons (Fsp3) is 0.545. The van der Waals surface area contributed by atoms with Crippen molar-refractivity contribution in [1.82, 2.24) is 10.2 Å². The lowest BCUT2D eigenvalue weighted by molar-refractivity contribution is -0.137. The van der Waals surface area contributed by atoms with E-state index >= 15 is 0 Å². The lowest BCUT2D eigenvalue weighted by atomic mass is 10.0. The maximum atomic E-state index is 12.6. The molecule has 0 radical (unpaired) electrons. The number of carbonyl (C=O) groups excluding carboxylic acids is 1. The van der Waals surface area contributed by atoms with Crippen molar-refractivity contribution in [2.75, 3.05) is 12.3 Å². The van der Waals surface area contributed by atoms with E-state index in [2.05, 4.69) is 33.0 Å². The number of nitrogens with zero attached hydrogens (tertiary/aromatic N) is 1. The van der Waals surface area contributed by atoms with Crippen molar-refractivity contribution in [3.8, 4) is 0 Å².